The summed E-state index contributed by atoms with van der Waals surface area (Å²) in [6.45, 7) is 0. The van der Waals surface area contributed by atoms with Gasteiger partial charge in [0.1, 0.15) is 6.42 Å². The molecule has 0 amide bonds. The van der Waals surface area contributed by atoms with Gasteiger partial charge in [0, 0.05) is 16.7 Å². The molecule has 1 aliphatic rings. The van der Waals surface area contributed by atoms with Crippen LogP contribution in [0.1, 0.15) is 6.42 Å². The van der Waals surface area contributed by atoms with Crippen LogP contribution in [0.5, 0.6) is 11.5 Å². The van der Waals surface area contributed by atoms with Gasteiger partial charge in [0.25, 0.3) is 9.05 Å². The molecule has 0 radical (unpaired) electrons. The molecule has 12 heteroatoms. The van der Waals surface area contributed by atoms with Crippen LogP contribution in [0.25, 0.3) is 0 Å². The lowest BCUT2D eigenvalue weighted by atomic mass is 10.2. The molecule has 2 rings (SSSR count). The SMILES string of the molecule is O=S(=O)(Cl)c1ccc2c(c1)OC(CC(F)(F)F)(C(F)(F)F)O2. The second-order valence-electron chi connectivity index (χ2n) is 4.29. The van der Waals surface area contributed by atoms with E-state index in [4.69, 9.17) is 10.7 Å². The molecule has 0 bridgehead atoms. The van der Waals surface area contributed by atoms with Crippen LogP contribution in [0.3, 0.4) is 0 Å². The summed E-state index contributed by atoms with van der Waals surface area (Å²) in [7, 11) is 0.702. The fourth-order valence-corrected chi connectivity index (χ4v) is 2.50. The number of alkyl halides is 6. The lowest BCUT2D eigenvalue weighted by Gasteiger charge is -2.30. The Morgan fingerprint density at radius 3 is 2.05 bits per heavy atom. The van der Waals surface area contributed by atoms with E-state index in [0.717, 1.165) is 12.1 Å². The van der Waals surface area contributed by atoms with Crippen molar-refractivity contribution >= 4 is 19.7 Å². The quantitative estimate of drug-likeness (QED) is 0.589. The summed E-state index contributed by atoms with van der Waals surface area (Å²) in [6.07, 6.45) is -13.2. The molecule has 1 aromatic rings. The predicted molar refractivity (Wildman–Crippen MR) is 60.2 cm³/mol. The number of hydrogen-bond acceptors (Lipinski definition) is 4. The van der Waals surface area contributed by atoms with E-state index >= 15 is 0 Å². The first-order valence-electron chi connectivity index (χ1n) is 5.34. The largest absolute Gasteiger partial charge is 0.468 e. The third kappa shape index (κ3) is 3.19. The fraction of sp³-hybridized carbons (Fsp3) is 0.400. The van der Waals surface area contributed by atoms with Gasteiger partial charge >= 0.3 is 18.1 Å². The normalized spacial score (nSPS) is 22.0. The molecule has 1 aromatic carbocycles. The van der Waals surface area contributed by atoms with Crippen LogP contribution in [0, 0.1) is 0 Å². The van der Waals surface area contributed by atoms with E-state index < -0.39 is 50.0 Å². The summed E-state index contributed by atoms with van der Waals surface area (Å²) in [6, 6.07) is 2.07. The molecule has 0 fully saturated rings. The van der Waals surface area contributed by atoms with Crippen molar-refractivity contribution in [2.45, 2.75) is 29.5 Å². The lowest BCUT2D eigenvalue weighted by Crippen LogP contribution is -2.55. The summed E-state index contributed by atoms with van der Waals surface area (Å²) in [5, 5.41) is 0. The highest BCUT2D eigenvalue weighted by Gasteiger charge is 2.67. The summed E-state index contributed by atoms with van der Waals surface area (Å²) in [5.74, 6) is -5.45. The number of fused-ring (bicyclic) bond motifs is 1. The van der Waals surface area contributed by atoms with Gasteiger partial charge in [-0.3, -0.25) is 0 Å². The molecule has 22 heavy (non-hydrogen) atoms. The van der Waals surface area contributed by atoms with Crippen molar-refractivity contribution in [2.24, 2.45) is 0 Å². The maximum absolute atomic E-state index is 13.0. The smallest absolute Gasteiger partial charge is 0.440 e. The fourth-order valence-electron chi connectivity index (χ4n) is 1.73. The maximum Gasteiger partial charge on any atom is 0.468 e. The molecule has 0 saturated heterocycles. The lowest BCUT2D eigenvalue weighted by molar-refractivity contribution is -0.338. The van der Waals surface area contributed by atoms with Gasteiger partial charge in [-0.25, -0.2) is 8.42 Å². The second kappa shape index (κ2) is 4.82. The van der Waals surface area contributed by atoms with Crippen LogP contribution in [-0.4, -0.2) is 26.6 Å². The van der Waals surface area contributed by atoms with Gasteiger partial charge in [-0.1, -0.05) is 0 Å². The first-order chi connectivity index (χ1) is 9.74. The van der Waals surface area contributed by atoms with E-state index in [9.17, 15) is 34.8 Å². The van der Waals surface area contributed by atoms with Crippen molar-refractivity contribution < 1.29 is 44.2 Å². The molecule has 0 N–H and O–H groups in total. The maximum atomic E-state index is 13.0. The summed E-state index contributed by atoms with van der Waals surface area (Å²) < 4.78 is 107. The Morgan fingerprint density at radius 2 is 1.59 bits per heavy atom. The Balaban J connectivity index is 2.47. The predicted octanol–water partition coefficient (Wildman–Crippen LogP) is 3.60. The molecule has 1 unspecified atom stereocenters. The highest BCUT2D eigenvalue weighted by Crippen LogP contribution is 2.51. The average Bonchev–Trinajstić information content (AvgIpc) is 2.62. The van der Waals surface area contributed by atoms with Gasteiger partial charge in [-0.2, -0.15) is 26.3 Å². The zero-order valence-electron chi connectivity index (χ0n) is 10.1. The number of hydrogen-bond donors (Lipinski definition) is 0. The van der Waals surface area contributed by atoms with Crippen LogP contribution in [0.4, 0.5) is 26.3 Å². The summed E-state index contributed by atoms with van der Waals surface area (Å²) in [5.41, 5.74) is 0. The van der Waals surface area contributed by atoms with Crippen molar-refractivity contribution in [3.63, 3.8) is 0 Å². The Bertz CT molecular complexity index is 698. The molecule has 0 aliphatic carbocycles. The third-order valence-corrected chi connectivity index (χ3v) is 3.96. The van der Waals surface area contributed by atoms with Crippen LogP contribution in [0.2, 0.25) is 0 Å². The minimum absolute atomic E-state index is 0.557. The molecule has 1 aliphatic heterocycles. The first kappa shape index (κ1) is 17.0. The minimum atomic E-state index is -5.51. The van der Waals surface area contributed by atoms with Crippen molar-refractivity contribution in [1.82, 2.24) is 0 Å². The number of benzene rings is 1. The van der Waals surface area contributed by atoms with Gasteiger partial charge in [-0.05, 0) is 12.1 Å². The Labute approximate surface area is 124 Å². The molecule has 4 nitrogen and oxygen atoms in total. The molecule has 1 heterocycles. The Morgan fingerprint density at radius 1 is 1.05 bits per heavy atom. The summed E-state index contributed by atoms with van der Waals surface area (Å²) >= 11 is 0. The van der Waals surface area contributed by atoms with E-state index in [-0.39, 0.29) is 0 Å². The molecule has 0 aromatic heterocycles. The van der Waals surface area contributed by atoms with Gasteiger partial charge < -0.3 is 9.47 Å². The molecular formula is C10H5ClF6O4S. The zero-order valence-corrected chi connectivity index (χ0v) is 11.7. The number of rotatable bonds is 2. The Hall–Kier alpha value is -1.36. The number of ether oxygens (including phenoxy) is 2. The van der Waals surface area contributed by atoms with E-state index in [1.165, 1.54) is 0 Å². The van der Waals surface area contributed by atoms with Crippen LogP contribution in [-0.2, 0) is 9.05 Å². The molecule has 1 atom stereocenters. The van der Waals surface area contributed by atoms with Crippen LogP contribution < -0.4 is 9.47 Å². The highest BCUT2D eigenvalue weighted by atomic mass is 35.7. The van der Waals surface area contributed by atoms with Gasteiger partial charge in [0.05, 0.1) is 4.90 Å². The zero-order chi connectivity index (χ0) is 17.0. The first-order valence-corrected chi connectivity index (χ1v) is 7.65. The van der Waals surface area contributed by atoms with Gasteiger partial charge in [0.15, 0.2) is 11.5 Å². The monoisotopic (exact) mass is 370 g/mol. The van der Waals surface area contributed by atoms with Crippen molar-refractivity contribution in [2.75, 3.05) is 0 Å². The third-order valence-electron chi connectivity index (χ3n) is 2.61. The topological polar surface area (TPSA) is 52.6 Å². The number of halogens is 7. The standard InChI is InChI=1S/C10H5ClF6O4S/c11-22(18,19)5-1-2-6-7(3-5)21-8(20-6,10(15,16)17)4-9(12,13)14/h1-3H,4H2. The van der Waals surface area contributed by atoms with Crippen LogP contribution >= 0.6 is 10.7 Å². The van der Waals surface area contributed by atoms with E-state index in [1.807, 2.05) is 0 Å². The highest BCUT2D eigenvalue weighted by molar-refractivity contribution is 8.13. The van der Waals surface area contributed by atoms with Gasteiger partial charge in [0.2, 0.25) is 0 Å². The minimum Gasteiger partial charge on any atom is -0.440 e. The summed E-state index contributed by atoms with van der Waals surface area (Å²) in [4.78, 5) is -0.638. The molecule has 0 spiro atoms. The molecule has 0 saturated carbocycles. The molecular weight excluding hydrogens is 366 g/mol. The average molecular weight is 371 g/mol. The van der Waals surface area contributed by atoms with Crippen molar-refractivity contribution in [3.8, 4) is 11.5 Å². The van der Waals surface area contributed by atoms with Crippen molar-refractivity contribution in [1.29, 1.82) is 0 Å². The molecule has 124 valence electrons. The van der Waals surface area contributed by atoms with E-state index in [0.29, 0.717) is 6.07 Å². The van der Waals surface area contributed by atoms with Crippen LogP contribution in [0.15, 0.2) is 23.1 Å². The Kier molecular flexibility index (Phi) is 3.72. The van der Waals surface area contributed by atoms with Crippen molar-refractivity contribution in [3.05, 3.63) is 18.2 Å². The van der Waals surface area contributed by atoms with E-state index in [2.05, 4.69) is 9.47 Å². The van der Waals surface area contributed by atoms with E-state index in [1.54, 1.807) is 0 Å². The van der Waals surface area contributed by atoms with Gasteiger partial charge in [-0.15, -0.1) is 0 Å². The second-order valence-corrected chi connectivity index (χ2v) is 6.86.